The number of carbonyl (C=O) groups excluding carboxylic acids is 1. The molecule has 1 amide bonds. The predicted octanol–water partition coefficient (Wildman–Crippen LogP) is 5.02. The largest absolute Gasteiger partial charge is 0.493 e. The van der Waals surface area contributed by atoms with E-state index in [0.717, 1.165) is 17.8 Å². The standard InChI is InChI=1S/C23H18ClF3N4O3/c1-33-18-8-5-14(9-19(18)34-2)17-10-20(23(25,26)27)31-21(30-17)16(12-29-31)22(32)28-11-13-3-6-15(24)7-4-13/h3-10,12H,11H2,1-2H3,(H,28,32). The van der Waals surface area contributed by atoms with Crippen LogP contribution in [0, 0.1) is 0 Å². The molecular weight excluding hydrogens is 473 g/mol. The molecule has 0 spiro atoms. The molecule has 0 atom stereocenters. The molecule has 4 rings (SSSR count). The molecule has 7 nitrogen and oxygen atoms in total. The number of halogens is 4. The third-order valence-corrected chi connectivity index (χ3v) is 5.30. The van der Waals surface area contributed by atoms with Crippen molar-refractivity contribution in [1.29, 1.82) is 0 Å². The van der Waals surface area contributed by atoms with Crippen molar-refractivity contribution in [3.63, 3.8) is 0 Å². The Labute approximate surface area is 197 Å². The number of hydrogen-bond acceptors (Lipinski definition) is 5. The number of alkyl halides is 3. The van der Waals surface area contributed by atoms with E-state index >= 15 is 0 Å². The van der Waals surface area contributed by atoms with Crippen LogP contribution in [-0.4, -0.2) is 34.7 Å². The summed E-state index contributed by atoms with van der Waals surface area (Å²) in [6, 6.07) is 12.3. The molecule has 0 fully saturated rings. The van der Waals surface area contributed by atoms with E-state index in [1.54, 1.807) is 36.4 Å². The fourth-order valence-electron chi connectivity index (χ4n) is 3.35. The molecule has 11 heteroatoms. The van der Waals surface area contributed by atoms with Crippen LogP contribution in [0.2, 0.25) is 5.02 Å². The lowest BCUT2D eigenvalue weighted by Crippen LogP contribution is -2.23. The van der Waals surface area contributed by atoms with Gasteiger partial charge in [-0.1, -0.05) is 23.7 Å². The Balaban J connectivity index is 1.76. The van der Waals surface area contributed by atoms with Gasteiger partial charge >= 0.3 is 6.18 Å². The fourth-order valence-corrected chi connectivity index (χ4v) is 3.47. The molecule has 0 radical (unpaired) electrons. The Kier molecular flexibility index (Phi) is 6.34. The molecule has 1 N–H and O–H groups in total. The Morgan fingerprint density at radius 2 is 1.76 bits per heavy atom. The zero-order valence-corrected chi connectivity index (χ0v) is 18.7. The van der Waals surface area contributed by atoms with Crippen LogP contribution in [-0.2, 0) is 12.7 Å². The van der Waals surface area contributed by atoms with Gasteiger partial charge in [0.25, 0.3) is 5.91 Å². The van der Waals surface area contributed by atoms with E-state index in [0.29, 0.717) is 26.6 Å². The second kappa shape index (κ2) is 9.22. The molecule has 0 aliphatic carbocycles. The smallest absolute Gasteiger partial charge is 0.433 e. The average molecular weight is 491 g/mol. The Morgan fingerprint density at radius 3 is 2.41 bits per heavy atom. The highest BCUT2D eigenvalue weighted by atomic mass is 35.5. The number of nitrogens with one attached hydrogen (secondary N) is 1. The first kappa shape index (κ1) is 23.4. The van der Waals surface area contributed by atoms with Crippen molar-refractivity contribution in [1.82, 2.24) is 19.9 Å². The van der Waals surface area contributed by atoms with Crippen molar-refractivity contribution in [3.05, 3.63) is 76.6 Å². The highest BCUT2D eigenvalue weighted by molar-refractivity contribution is 6.30. The lowest BCUT2D eigenvalue weighted by atomic mass is 10.1. The summed E-state index contributed by atoms with van der Waals surface area (Å²) in [5.74, 6) is 0.120. The number of aromatic nitrogens is 3. The fraction of sp³-hybridized carbons (Fsp3) is 0.174. The van der Waals surface area contributed by atoms with Crippen molar-refractivity contribution >= 4 is 23.2 Å². The van der Waals surface area contributed by atoms with Crippen LogP contribution in [0.15, 0.2) is 54.7 Å². The van der Waals surface area contributed by atoms with Crippen LogP contribution in [0.3, 0.4) is 0 Å². The Morgan fingerprint density at radius 1 is 1.06 bits per heavy atom. The van der Waals surface area contributed by atoms with Crippen LogP contribution in [0.25, 0.3) is 16.9 Å². The molecular formula is C23H18ClF3N4O3. The number of amides is 1. The second-order valence-corrected chi connectivity index (χ2v) is 7.63. The van der Waals surface area contributed by atoms with Gasteiger partial charge in [0.15, 0.2) is 22.8 Å². The quantitative estimate of drug-likeness (QED) is 0.411. The van der Waals surface area contributed by atoms with Gasteiger partial charge in [-0.25, -0.2) is 9.50 Å². The minimum absolute atomic E-state index is 0.00645. The molecule has 4 aromatic rings. The molecule has 0 aliphatic rings. The van der Waals surface area contributed by atoms with Gasteiger partial charge < -0.3 is 14.8 Å². The summed E-state index contributed by atoms with van der Waals surface area (Å²) in [5, 5.41) is 7.00. The van der Waals surface area contributed by atoms with Crippen LogP contribution in [0.1, 0.15) is 21.6 Å². The molecule has 0 unspecified atom stereocenters. The number of nitrogens with zero attached hydrogens (tertiary/aromatic N) is 3. The van der Waals surface area contributed by atoms with E-state index in [4.69, 9.17) is 21.1 Å². The van der Waals surface area contributed by atoms with Crippen molar-refractivity contribution in [2.75, 3.05) is 14.2 Å². The van der Waals surface area contributed by atoms with E-state index < -0.39 is 17.8 Å². The Bertz CT molecular complexity index is 1350. The zero-order valence-electron chi connectivity index (χ0n) is 18.0. The summed E-state index contributed by atoms with van der Waals surface area (Å²) < 4.78 is 52.6. The Hall–Kier alpha value is -3.79. The third kappa shape index (κ3) is 4.62. The number of rotatable bonds is 6. The second-order valence-electron chi connectivity index (χ2n) is 7.20. The van der Waals surface area contributed by atoms with Gasteiger partial charge in [0.1, 0.15) is 5.56 Å². The lowest BCUT2D eigenvalue weighted by Gasteiger charge is -2.13. The van der Waals surface area contributed by atoms with Crippen LogP contribution >= 0.6 is 11.6 Å². The molecule has 2 aromatic heterocycles. The van der Waals surface area contributed by atoms with Gasteiger partial charge in [-0.15, -0.1) is 0 Å². The topological polar surface area (TPSA) is 77.8 Å². The molecule has 176 valence electrons. The van der Waals surface area contributed by atoms with E-state index in [-0.39, 0.29) is 23.4 Å². The summed E-state index contributed by atoms with van der Waals surface area (Å²) in [6.07, 6.45) is -3.68. The summed E-state index contributed by atoms with van der Waals surface area (Å²) in [6.45, 7) is 0.148. The van der Waals surface area contributed by atoms with Gasteiger partial charge in [0, 0.05) is 17.1 Å². The van der Waals surface area contributed by atoms with Gasteiger partial charge in [-0.2, -0.15) is 18.3 Å². The molecule has 34 heavy (non-hydrogen) atoms. The van der Waals surface area contributed by atoms with Crippen LogP contribution in [0.5, 0.6) is 11.5 Å². The first-order valence-electron chi connectivity index (χ1n) is 9.92. The van der Waals surface area contributed by atoms with E-state index in [1.165, 1.54) is 20.3 Å². The van der Waals surface area contributed by atoms with Gasteiger partial charge in [-0.05, 0) is 42.0 Å². The number of hydrogen-bond donors (Lipinski definition) is 1. The SMILES string of the molecule is COc1ccc(-c2cc(C(F)(F)F)n3ncc(C(=O)NCc4ccc(Cl)cc4)c3n2)cc1OC. The molecule has 2 aromatic carbocycles. The third-order valence-electron chi connectivity index (χ3n) is 5.05. The highest BCUT2D eigenvalue weighted by Gasteiger charge is 2.36. The zero-order chi connectivity index (χ0) is 24.5. The van der Waals surface area contributed by atoms with Crippen molar-refractivity contribution < 1.29 is 27.4 Å². The highest BCUT2D eigenvalue weighted by Crippen LogP contribution is 2.35. The number of methoxy groups -OCH3 is 2. The molecule has 0 saturated carbocycles. The van der Waals surface area contributed by atoms with Crippen molar-refractivity contribution in [2.45, 2.75) is 12.7 Å². The molecule has 0 bridgehead atoms. The predicted molar refractivity (Wildman–Crippen MR) is 119 cm³/mol. The van der Waals surface area contributed by atoms with E-state index in [1.807, 2.05) is 0 Å². The minimum atomic E-state index is -4.74. The number of fused-ring (bicyclic) bond motifs is 1. The first-order chi connectivity index (χ1) is 16.2. The first-order valence-corrected chi connectivity index (χ1v) is 10.3. The molecule has 0 saturated heterocycles. The monoisotopic (exact) mass is 490 g/mol. The van der Waals surface area contributed by atoms with E-state index in [2.05, 4.69) is 15.4 Å². The summed E-state index contributed by atoms with van der Waals surface area (Å²) in [4.78, 5) is 17.1. The number of ether oxygens (including phenoxy) is 2. The molecule has 2 heterocycles. The van der Waals surface area contributed by atoms with E-state index in [9.17, 15) is 18.0 Å². The maximum atomic E-state index is 13.8. The average Bonchev–Trinajstić information content (AvgIpc) is 3.25. The van der Waals surface area contributed by atoms with Crippen LogP contribution in [0.4, 0.5) is 13.2 Å². The van der Waals surface area contributed by atoms with Gasteiger partial charge in [-0.3, -0.25) is 4.79 Å². The summed E-state index contributed by atoms with van der Waals surface area (Å²) >= 11 is 5.86. The normalized spacial score (nSPS) is 11.5. The number of benzene rings is 2. The van der Waals surface area contributed by atoms with Crippen molar-refractivity contribution in [3.8, 4) is 22.8 Å². The number of carbonyl (C=O) groups is 1. The summed E-state index contributed by atoms with van der Waals surface area (Å²) in [5.41, 5.74) is -0.286. The van der Waals surface area contributed by atoms with Gasteiger partial charge in [0.2, 0.25) is 0 Å². The lowest BCUT2D eigenvalue weighted by molar-refractivity contribution is -0.142. The maximum Gasteiger partial charge on any atom is 0.433 e. The van der Waals surface area contributed by atoms with Crippen molar-refractivity contribution in [2.24, 2.45) is 0 Å². The summed E-state index contributed by atoms with van der Waals surface area (Å²) in [7, 11) is 2.87. The molecule has 0 aliphatic heterocycles. The maximum absolute atomic E-state index is 13.8. The minimum Gasteiger partial charge on any atom is -0.493 e. The van der Waals surface area contributed by atoms with Gasteiger partial charge in [0.05, 0.1) is 26.1 Å². The van der Waals surface area contributed by atoms with Crippen LogP contribution < -0.4 is 14.8 Å².